The van der Waals surface area contributed by atoms with Crippen molar-refractivity contribution in [3.05, 3.63) is 11.8 Å². The highest BCUT2D eigenvalue weighted by Gasteiger charge is 2.29. The minimum Gasteiger partial charge on any atom is -0.383 e. The summed E-state index contributed by atoms with van der Waals surface area (Å²) in [6, 6.07) is 0. The van der Waals surface area contributed by atoms with Crippen LogP contribution in [-0.2, 0) is 14.3 Å². The third-order valence-corrected chi connectivity index (χ3v) is 2.38. The summed E-state index contributed by atoms with van der Waals surface area (Å²) in [6.07, 6.45) is 1.98. The van der Waals surface area contributed by atoms with Crippen molar-refractivity contribution >= 4 is 11.7 Å². The highest BCUT2D eigenvalue weighted by molar-refractivity contribution is 6.20. The Morgan fingerprint density at radius 3 is 2.69 bits per heavy atom. The zero-order valence-corrected chi connectivity index (χ0v) is 10.0. The molecule has 5 nitrogen and oxygen atoms in total. The van der Waals surface area contributed by atoms with Crippen LogP contribution in [0.1, 0.15) is 6.42 Å². The summed E-state index contributed by atoms with van der Waals surface area (Å²) in [5, 5.41) is 0. The lowest BCUT2D eigenvalue weighted by Gasteiger charge is -2.27. The van der Waals surface area contributed by atoms with E-state index in [1.807, 2.05) is 0 Å². The summed E-state index contributed by atoms with van der Waals surface area (Å²) in [5.74, 6) is -0.269. The topological polar surface area (TPSA) is 49.9 Å². The molecule has 0 aromatic rings. The van der Waals surface area contributed by atoms with Crippen molar-refractivity contribution in [1.82, 2.24) is 9.80 Å². The number of likely N-dealkylation sites (tertiary alicyclic amines) is 1. The summed E-state index contributed by atoms with van der Waals surface area (Å²) in [4.78, 5) is 26.9. The maximum atomic E-state index is 11.9. The SMILES string of the molecule is COCCN1CCC(=O)/C(=C\N(C)C)C1=O. The number of carbonyl (C=O) groups is 2. The number of carbonyl (C=O) groups excluding carboxylic acids is 2. The number of rotatable bonds is 4. The number of Topliss-reactive ketones (excluding diaryl/α,β-unsaturated/α-hetero) is 1. The predicted octanol–water partition coefficient (Wildman–Crippen LogP) is -0.120. The number of hydrogen-bond acceptors (Lipinski definition) is 4. The normalized spacial score (nSPS) is 19.4. The van der Waals surface area contributed by atoms with E-state index in [4.69, 9.17) is 4.74 Å². The van der Waals surface area contributed by atoms with Gasteiger partial charge in [-0.2, -0.15) is 0 Å². The molecule has 0 saturated carbocycles. The standard InChI is InChI=1S/C11H18N2O3/c1-12(2)8-9-10(14)4-5-13(11(9)15)6-7-16-3/h8H,4-7H2,1-3H3/b9-8+. The van der Waals surface area contributed by atoms with E-state index in [-0.39, 0.29) is 17.3 Å². The van der Waals surface area contributed by atoms with Gasteiger partial charge in [0.2, 0.25) is 0 Å². The second-order valence-corrected chi connectivity index (χ2v) is 3.96. The first kappa shape index (κ1) is 12.7. The summed E-state index contributed by atoms with van der Waals surface area (Å²) < 4.78 is 4.93. The first-order valence-electron chi connectivity index (χ1n) is 5.26. The van der Waals surface area contributed by atoms with Crippen LogP contribution in [-0.4, -0.2) is 62.4 Å². The van der Waals surface area contributed by atoms with Gasteiger partial charge in [-0.1, -0.05) is 0 Å². The molecule has 5 heteroatoms. The first-order valence-corrected chi connectivity index (χ1v) is 5.26. The van der Waals surface area contributed by atoms with Gasteiger partial charge in [0, 0.05) is 46.9 Å². The quantitative estimate of drug-likeness (QED) is 0.495. The molecule has 1 amide bonds. The second-order valence-electron chi connectivity index (χ2n) is 3.96. The highest BCUT2D eigenvalue weighted by atomic mass is 16.5. The Balaban J connectivity index is 2.75. The van der Waals surface area contributed by atoms with E-state index in [2.05, 4.69) is 0 Å². The monoisotopic (exact) mass is 226 g/mol. The molecule has 0 aromatic heterocycles. The van der Waals surface area contributed by atoms with E-state index in [0.29, 0.717) is 26.1 Å². The molecule has 0 bridgehead atoms. The third-order valence-electron chi connectivity index (χ3n) is 2.38. The summed E-state index contributed by atoms with van der Waals surface area (Å²) in [5.41, 5.74) is 0.271. The van der Waals surface area contributed by atoms with Crippen LogP contribution in [0.3, 0.4) is 0 Å². The Morgan fingerprint density at radius 2 is 2.12 bits per heavy atom. The lowest BCUT2D eigenvalue weighted by molar-refractivity contribution is -0.134. The van der Waals surface area contributed by atoms with Gasteiger partial charge in [-0.15, -0.1) is 0 Å². The molecule has 1 aliphatic heterocycles. The molecule has 0 aliphatic carbocycles. The fraction of sp³-hybridized carbons (Fsp3) is 0.636. The van der Waals surface area contributed by atoms with E-state index in [1.54, 1.807) is 37.2 Å². The molecule has 0 N–H and O–H groups in total. The Morgan fingerprint density at radius 1 is 1.44 bits per heavy atom. The number of hydrogen-bond donors (Lipinski definition) is 0. The number of ether oxygens (including phenoxy) is 1. The van der Waals surface area contributed by atoms with Crippen LogP contribution >= 0.6 is 0 Å². The fourth-order valence-electron chi connectivity index (χ4n) is 1.56. The third kappa shape index (κ3) is 3.06. The number of piperidine rings is 1. The Kier molecular flexibility index (Phi) is 4.49. The Labute approximate surface area is 95.6 Å². The van der Waals surface area contributed by atoms with Gasteiger partial charge in [0.1, 0.15) is 0 Å². The molecule has 1 saturated heterocycles. The van der Waals surface area contributed by atoms with Crippen LogP contribution < -0.4 is 0 Å². The molecule has 1 aliphatic rings. The fourth-order valence-corrected chi connectivity index (χ4v) is 1.56. The van der Waals surface area contributed by atoms with E-state index in [0.717, 1.165) is 0 Å². The maximum Gasteiger partial charge on any atom is 0.259 e. The van der Waals surface area contributed by atoms with Gasteiger partial charge in [-0.25, -0.2) is 0 Å². The molecule has 1 heterocycles. The predicted molar refractivity (Wildman–Crippen MR) is 59.9 cm³/mol. The lowest BCUT2D eigenvalue weighted by atomic mass is 10.0. The van der Waals surface area contributed by atoms with Crippen molar-refractivity contribution in [2.75, 3.05) is 40.9 Å². The molecule has 0 radical (unpaired) electrons. The summed E-state index contributed by atoms with van der Waals surface area (Å²) in [7, 11) is 5.18. The van der Waals surface area contributed by atoms with E-state index in [9.17, 15) is 9.59 Å². The van der Waals surface area contributed by atoms with Gasteiger partial charge in [0.15, 0.2) is 5.78 Å². The summed E-state index contributed by atoms with van der Waals surface area (Å²) in [6.45, 7) is 1.52. The van der Waals surface area contributed by atoms with Crippen molar-refractivity contribution in [3.63, 3.8) is 0 Å². The Bertz CT molecular complexity index is 310. The zero-order valence-electron chi connectivity index (χ0n) is 10.0. The van der Waals surface area contributed by atoms with Crippen LogP contribution in [0.25, 0.3) is 0 Å². The van der Waals surface area contributed by atoms with Crippen LogP contribution in [0.4, 0.5) is 0 Å². The molecule has 0 aromatic carbocycles. The van der Waals surface area contributed by atoms with Gasteiger partial charge in [0.25, 0.3) is 5.91 Å². The molecule has 90 valence electrons. The van der Waals surface area contributed by atoms with Crippen molar-refractivity contribution in [2.45, 2.75) is 6.42 Å². The van der Waals surface area contributed by atoms with Gasteiger partial charge in [-0.05, 0) is 0 Å². The van der Waals surface area contributed by atoms with Gasteiger partial charge in [-0.3, -0.25) is 9.59 Å². The molecular formula is C11H18N2O3. The van der Waals surface area contributed by atoms with Crippen molar-refractivity contribution < 1.29 is 14.3 Å². The van der Waals surface area contributed by atoms with Crippen molar-refractivity contribution in [2.24, 2.45) is 0 Å². The highest BCUT2D eigenvalue weighted by Crippen LogP contribution is 2.13. The largest absolute Gasteiger partial charge is 0.383 e. The average molecular weight is 226 g/mol. The molecular weight excluding hydrogens is 208 g/mol. The number of amides is 1. The molecule has 1 fully saturated rings. The molecule has 16 heavy (non-hydrogen) atoms. The van der Waals surface area contributed by atoms with Gasteiger partial charge in [0.05, 0.1) is 12.2 Å². The van der Waals surface area contributed by atoms with Crippen molar-refractivity contribution in [3.8, 4) is 0 Å². The average Bonchev–Trinajstić information content (AvgIpc) is 2.23. The zero-order chi connectivity index (χ0) is 12.1. The van der Waals surface area contributed by atoms with Crippen LogP contribution in [0.15, 0.2) is 11.8 Å². The number of ketones is 1. The van der Waals surface area contributed by atoms with E-state index in [1.165, 1.54) is 0 Å². The number of nitrogens with zero attached hydrogens (tertiary/aromatic N) is 2. The van der Waals surface area contributed by atoms with Crippen molar-refractivity contribution in [1.29, 1.82) is 0 Å². The molecule has 0 atom stereocenters. The van der Waals surface area contributed by atoms with E-state index < -0.39 is 0 Å². The van der Waals surface area contributed by atoms with Gasteiger partial charge < -0.3 is 14.5 Å². The van der Waals surface area contributed by atoms with Crippen LogP contribution in [0, 0.1) is 0 Å². The van der Waals surface area contributed by atoms with E-state index >= 15 is 0 Å². The second kappa shape index (κ2) is 5.65. The molecule has 1 rings (SSSR count). The summed E-state index contributed by atoms with van der Waals surface area (Å²) >= 11 is 0. The minimum absolute atomic E-state index is 0.0765. The number of methoxy groups -OCH3 is 1. The molecule has 0 unspecified atom stereocenters. The van der Waals surface area contributed by atoms with Gasteiger partial charge >= 0.3 is 0 Å². The maximum absolute atomic E-state index is 11.9. The first-order chi connectivity index (χ1) is 7.56. The minimum atomic E-state index is -0.193. The smallest absolute Gasteiger partial charge is 0.259 e. The lowest BCUT2D eigenvalue weighted by Crippen LogP contribution is -2.43. The van der Waals surface area contributed by atoms with Crippen LogP contribution in [0.5, 0.6) is 0 Å². The Hall–Kier alpha value is -1.36. The van der Waals surface area contributed by atoms with Crippen LogP contribution in [0.2, 0.25) is 0 Å². The molecule has 0 spiro atoms.